The smallest absolute Gasteiger partial charge is 0.331 e. The summed E-state index contributed by atoms with van der Waals surface area (Å²) < 4.78 is 2.40. The molecule has 30 heavy (non-hydrogen) atoms. The van der Waals surface area contributed by atoms with Gasteiger partial charge in [0.25, 0.3) is 5.56 Å². The van der Waals surface area contributed by atoms with Gasteiger partial charge in [0.15, 0.2) is 0 Å². The minimum Gasteiger partial charge on any atom is -0.354 e. The second kappa shape index (κ2) is 10.1. The third-order valence-corrected chi connectivity index (χ3v) is 5.80. The van der Waals surface area contributed by atoms with Crippen molar-refractivity contribution < 1.29 is 4.79 Å². The van der Waals surface area contributed by atoms with E-state index in [1.54, 1.807) is 11.8 Å². The summed E-state index contributed by atoms with van der Waals surface area (Å²) >= 11 is 1.65. The van der Waals surface area contributed by atoms with Gasteiger partial charge in [-0.05, 0) is 42.7 Å². The quantitative estimate of drug-likeness (QED) is 0.447. The Morgan fingerprint density at radius 1 is 1.00 bits per heavy atom. The van der Waals surface area contributed by atoms with E-state index in [2.05, 4.69) is 37.4 Å². The number of hydrogen-bond acceptors (Lipinski definition) is 4. The van der Waals surface area contributed by atoms with Crippen LogP contribution >= 0.6 is 11.8 Å². The van der Waals surface area contributed by atoms with E-state index in [1.165, 1.54) is 28.0 Å². The third kappa shape index (κ3) is 5.73. The van der Waals surface area contributed by atoms with Gasteiger partial charge in [0.05, 0.1) is 6.54 Å². The zero-order valence-corrected chi connectivity index (χ0v) is 17.9. The van der Waals surface area contributed by atoms with Gasteiger partial charge in [0, 0.05) is 29.5 Å². The largest absolute Gasteiger partial charge is 0.354 e. The molecule has 0 fully saturated rings. The number of aromatic nitrogens is 2. The molecule has 3 rings (SSSR count). The molecular weight excluding hydrogens is 398 g/mol. The number of aryl methyl sites for hydroxylation is 2. The van der Waals surface area contributed by atoms with E-state index in [4.69, 9.17) is 0 Å². The molecule has 0 unspecified atom stereocenters. The Hall–Kier alpha value is -3.06. The van der Waals surface area contributed by atoms with E-state index < -0.39 is 11.2 Å². The summed E-state index contributed by atoms with van der Waals surface area (Å²) in [6, 6.07) is 17.1. The number of thioether (sulfide) groups is 1. The highest BCUT2D eigenvalue weighted by Gasteiger charge is 2.10. The fraction of sp³-hybridized carbons (Fsp3) is 0.261. The first-order valence-corrected chi connectivity index (χ1v) is 10.7. The SMILES string of the molecule is Cc1ccc(SCCNC(=O)Cn2c(=O)ccn(Cc3ccccc3)c2=O)cc1C. The van der Waals surface area contributed by atoms with Crippen LogP contribution < -0.4 is 16.6 Å². The van der Waals surface area contributed by atoms with E-state index in [9.17, 15) is 14.4 Å². The molecule has 0 spiro atoms. The first-order chi connectivity index (χ1) is 14.4. The number of hydrogen-bond donors (Lipinski definition) is 1. The zero-order chi connectivity index (χ0) is 21.5. The van der Waals surface area contributed by atoms with Gasteiger partial charge >= 0.3 is 5.69 Å². The molecule has 1 amide bonds. The van der Waals surface area contributed by atoms with E-state index in [0.29, 0.717) is 18.8 Å². The Morgan fingerprint density at radius 2 is 1.77 bits per heavy atom. The van der Waals surface area contributed by atoms with Gasteiger partial charge in [-0.15, -0.1) is 11.8 Å². The van der Waals surface area contributed by atoms with Crippen molar-refractivity contribution in [1.82, 2.24) is 14.5 Å². The van der Waals surface area contributed by atoms with Crippen LogP contribution in [0.25, 0.3) is 0 Å². The highest BCUT2D eigenvalue weighted by Crippen LogP contribution is 2.20. The average molecular weight is 424 g/mol. The van der Waals surface area contributed by atoms with Crippen LogP contribution in [-0.2, 0) is 17.9 Å². The van der Waals surface area contributed by atoms with Crippen molar-refractivity contribution in [3.8, 4) is 0 Å². The minimum atomic E-state index is -0.494. The lowest BCUT2D eigenvalue weighted by molar-refractivity contribution is -0.121. The summed E-state index contributed by atoms with van der Waals surface area (Å²) in [5.41, 5.74) is 2.45. The molecule has 0 aliphatic carbocycles. The lowest BCUT2D eigenvalue weighted by Gasteiger charge is -2.10. The Balaban J connectivity index is 1.56. The Kier molecular flexibility index (Phi) is 7.30. The molecule has 0 bridgehead atoms. The molecule has 1 heterocycles. The van der Waals surface area contributed by atoms with Crippen molar-refractivity contribution in [3.05, 3.63) is 98.3 Å². The third-order valence-electron chi connectivity index (χ3n) is 4.81. The lowest BCUT2D eigenvalue weighted by atomic mass is 10.1. The monoisotopic (exact) mass is 423 g/mol. The van der Waals surface area contributed by atoms with E-state index in [1.807, 2.05) is 30.3 Å². The normalized spacial score (nSPS) is 10.7. The molecule has 0 saturated carbocycles. The standard InChI is InChI=1S/C23H25N3O3S/c1-17-8-9-20(14-18(17)2)30-13-11-24-21(27)16-26-22(28)10-12-25(23(26)29)15-19-6-4-3-5-7-19/h3-10,12,14H,11,13,15-16H2,1-2H3,(H,24,27). The zero-order valence-electron chi connectivity index (χ0n) is 17.1. The number of nitrogens with zero attached hydrogens (tertiary/aromatic N) is 2. The molecule has 1 N–H and O–H groups in total. The molecule has 7 heteroatoms. The summed E-state index contributed by atoms with van der Waals surface area (Å²) in [6.07, 6.45) is 1.46. The number of amides is 1. The van der Waals surface area contributed by atoms with Crippen molar-refractivity contribution in [2.75, 3.05) is 12.3 Å². The number of carbonyl (C=O) groups is 1. The predicted octanol–water partition coefficient (Wildman–Crippen LogP) is 2.58. The fourth-order valence-corrected chi connectivity index (χ4v) is 3.83. The lowest BCUT2D eigenvalue weighted by Crippen LogP contribution is -2.43. The first kappa shape index (κ1) is 21.6. The van der Waals surface area contributed by atoms with Gasteiger partial charge in [-0.25, -0.2) is 4.79 Å². The molecule has 2 aromatic carbocycles. The minimum absolute atomic E-state index is 0.290. The van der Waals surface area contributed by atoms with Gasteiger partial charge in [-0.1, -0.05) is 36.4 Å². The summed E-state index contributed by atoms with van der Waals surface area (Å²) in [5, 5.41) is 2.78. The second-order valence-electron chi connectivity index (χ2n) is 7.08. The molecule has 3 aromatic rings. The number of benzene rings is 2. The number of nitrogens with one attached hydrogen (secondary N) is 1. The predicted molar refractivity (Wildman–Crippen MR) is 120 cm³/mol. The van der Waals surface area contributed by atoms with Crippen LogP contribution in [0.1, 0.15) is 16.7 Å². The molecule has 0 atom stereocenters. The maximum Gasteiger partial charge on any atom is 0.331 e. The molecule has 0 aliphatic heterocycles. The highest BCUT2D eigenvalue weighted by atomic mass is 32.2. The van der Waals surface area contributed by atoms with Crippen LogP contribution in [0.4, 0.5) is 0 Å². The van der Waals surface area contributed by atoms with Gasteiger partial charge in [0.1, 0.15) is 6.54 Å². The van der Waals surface area contributed by atoms with Crippen molar-refractivity contribution in [1.29, 1.82) is 0 Å². The topological polar surface area (TPSA) is 73.1 Å². The van der Waals surface area contributed by atoms with Gasteiger partial charge < -0.3 is 5.32 Å². The maximum atomic E-state index is 12.6. The van der Waals surface area contributed by atoms with Crippen molar-refractivity contribution in [3.63, 3.8) is 0 Å². The summed E-state index contributed by atoms with van der Waals surface area (Å²) in [6.45, 7) is 4.65. The summed E-state index contributed by atoms with van der Waals surface area (Å²) in [4.78, 5) is 38.2. The second-order valence-corrected chi connectivity index (χ2v) is 8.25. The number of rotatable bonds is 8. The highest BCUT2D eigenvalue weighted by molar-refractivity contribution is 7.99. The number of carbonyl (C=O) groups excluding carboxylic acids is 1. The van der Waals surface area contributed by atoms with Gasteiger partial charge in [-0.2, -0.15) is 0 Å². The molecule has 6 nitrogen and oxygen atoms in total. The van der Waals surface area contributed by atoms with Crippen LogP contribution in [-0.4, -0.2) is 27.3 Å². The Labute approximate surface area is 179 Å². The average Bonchev–Trinajstić information content (AvgIpc) is 2.74. The molecule has 0 saturated heterocycles. The van der Waals surface area contributed by atoms with Crippen LogP contribution in [0.5, 0.6) is 0 Å². The van der Waals surface area contributed by atoms with E-state index in [-0.39, 0.29) is 12.5 Å². The molecule has 0 aliphatic rings. The van der Waals surface area contributed by atoms with Crippen LogP contribution in [0.15, 0.2) is 75.3 Å². The molecular formula is C23H25N3O3S. The van der Waals surface area contributed by atoms with Gasteiger partial charge in [-0.3, -0.25) is 18.7 Å². The van der Waals surface area contributed by atoms with Crippen LogP contribution in [0, 0.1) is 13.8 Å². The van der Waals surface area contributed by atoms with Crippen LogP contribution in [0.3, 0.4) is 0 Å². The molecule has 0 radical (unpaired) electrons. The maximum absolute atomic E-state index is 12.6. The van der Waals surface area contributed by atoms with Crippen LogP contribution in [0.2, 0.25) is 0 Å². The van der Waals surface area contributed by atoms with Crippen molar-refractivity contribution in [2.45, 2.75) is 31.8 Å². The first-order valence-electron chi connectivity index (χ1n) is 9.75. The molecule has 1 aromatic heterocycles. The van der Waals surface area contributed by atoms with E-state index in [0.717, 1.165) is 15.0 Å². The Bertz CT molecular complexity index is 1140. The van der Waals surface area contributed by atoms with Crippen molar-refractivity contribution >= 4 is 17.7 Å². The summed E-state index contributed by atoms with van der Waals surface area (Å²) in [7, 11) is 0. The summed E-state index contributed by atoms with van der Waals surface area (Å²) in [5.74, 6) is 0.350. The Morgan fingerprint density at radius 3 is 2.50 bits per heavy atom. The van der Waals surface area contributed by atoms with Crippen molar-refractivity contribution in [2.24, 2.45) is 0 Å². The fourth-order valence-electron chi connectivity index (χ4n) is 2.97. The van der Waals surface area contributed by atoms with E-state index >= 15 is 0 Å². The van der Waals surface area contributed by atoms with Gasteiger partial charge in [0.2, 0.25) is 5.91 Å². The molecule has 156 valence electrons.